The highest BCUT2D eigenvalue weighted by Gasteiger charge is 2.27. The zero-order chi connectivity index (χ0) is 22.2. The van der Waals surface area contributed by atoms with Crippen LogP contribution < -0.4 is 0 Å². The zero-order valence-corrected chi connectivity index (χ0v) is 18.0. The average Bonchev–Trinajstić information content (AvgIpc) is 3.06. The number of hydrogen-bond acceptors (Lipinski definition) is 5. The Morgan fingerprint density at radius 2 is 1.97 bits per heavy atom. The number of rotatable bonds is 16. The summed E-state index contributed by atoms with van der Waals surface area (Å²) in [6.45, 7) is 2.43. The van der Waals surface area contributed by atoms with Gasteiger partial charge in [-0.05, 0) is 38.2 Å². The van der Waals surface area contributed by atoms with Crippen LogP contribution in [-0.2, 0) is 19.1 Å². The lowest BCUT2D eigenvalue weighted by atomic mass is 9.90. The Kier molecular flexibility index (Phi) is 13.4. The van der Waals surface area contributed by atoms with Gasteiger partial charge in [-0.25, -0.2) is 0 Å². The number of carboxylic acid groups (broad SMARTS) is 1. The summed E-state index contributed by atoms with van der Waals surface area (Å²) < 4.78 is 4.98. The molecule has 3 atom stereocenters. The summed E-state index contributed by atoms with van der Waals surface area (Å²) in [4.78, 5) is 33.8. The third-order valence-electron chi connectivity index (χ3n) is 5.10. The summed E-state index contributed by atoms with van der Waals surface area (Å²) in [6, 6.07) is 0. The SMILES string of the molecule is CCCCC[C@H](O)C=C[C@H]1C=CC(=O)[C@@H]1CC=CCCCCOC(=O)CCC(=O)O. The number of allylic oxidation sites excluding steroid dienone is 5. The fraction of sp³-hybridized carbons (Fsp3) is 0.625. The summed E-state index contributed by atoms with van der Waals surface area (Å²) in [5, 5.41) is 18.5. The predicted molar refractivity (Wildman–Crippen MR) is 116 cm³/mol. The van der Waals surface area contributed by atoms with E-state index < -0.39 is 18.0 Å². The third-order valence-corrected chi connectivity index (χ3v) is 5.10. The van der Waals surface area contributed by atoms with E-state index in [4.69, 9.17) is 9.84 Å². The number of ether oxygens (including phenoxy) is 1. The second-order valence-corrected chi connectivity index (χ2v) is 7.71. The van der Waals surface area contributed by atoms with Crippen LogP contribution in [0.3, 0.4) is 0 Å². The Bertz CT molecular complexity index is 619. The van der Waals surface area contributed by atoms with E-state index in [1.807, 2.05) is 30.4 Å². The fourth-order valence-corrected chi connectivity index (χ4v) is 3.27. The lowest BCUT2D eigenvalue weighted by molar-refractivity contribution is -0.147. The van der Waals surface area contributed by atoms with Crippen molar-refractivity contribution in [2.45, 2.75) is 77.2 Å². The molecule has 0 aliphatic heterocycles. The van der Waals surface area contributed by atoms with Crippen molar-refractivity contribution in [3.63, 3.8) is 0 Å². The standard InChI is InChI=1S/C24H36O6/c1-2-3-7-10-20(25)14-12-19-13-15-22(26)21(19)11-8-5-4-6-9-18-30-24(29)17-16-23(27)28/h5,8,12-15,19-21,25H,2-4,6-7,9-11,16-18H2,1H3,(H,27,28)/t19-,20-,21+/m0/s1. The van der Waals surface area contributed by atoms with E-state index >= 15 is 0 Å². The maximum absolute atomic E-state index is 12.1. The van der Waals surface area contributed by atoms with Crippen LogP contribution >= 0.6 is 0 Å². The van der Waals surface area contributed by atoms with Crippen molar-refractivity contribution in [3.8, 4) is 0 Å². The molecular formula is C24H36O6. The number of unbranched alkanes of at least 4 members (excludes halogenated alkanes) is 4. The van der Waals surface area contributed by atoms with E-state index in [0.717, 1.165) is 38.5 Å². The molecule has 168 valence electrons. The zero-order valence-electron chi connectivity index (χ0n) is 18.0. The van der Waals surface area contributed by atoms with Gasteiger partial charge in [-0.15, -0.1) is 0 Å². The minimum Gasteiger partial charge on any atom is -0.481 e. The number of ketones is 1. The van der Waals surface area contributed by atoms with Crippen LogP contribution in [0.25, 0.3) is 0 Å². The number of hydrogen-bond donors (Lipinski definition) is 2. The Labute approximate surface area is 179 Å². The molecule has 2 N–H and O–H groups in total. The predicted octanol–water partition coefficient (Wildman–Crippen LogP) is 4.38. The van der Waals surface area contributed by atoms with Crippen LogP contribution in [0.1, 0.15) is 71.1 Å². The molecular weight excluding hydrogens is 384 g/mol. The number of carbonyl (C=O) groups is 3. The molecule has 1 aliphatic carbocycles. The quantitative estimate of drug-likeness (QED) is 0.218. The number of carboxylic acids is 1. The van der Waals surface area contributed by atoms with E-state index in [2.05, 4.69) is 6.92 Å². The van der Waals surface area contributed by atoms with Crippen LogP contribution in [0, 0.1) is 11.8 Å². The van der Waals surface area contributed by atoms with Crippen LogP contribution in [0.15, 0.2) is 36.5 Å². The molecule has 0 saturated heterocycles. The molecule has 6 nitrogen and oxygen atoms in total. The normalized spacial score (nSPS) is 19.7. The second kappa shape index (κ2) is 15.6. The fourth-order valence-electron chi connectivity index (χ4n) is 3.27. The molecule has 6 heteroatoms. The molecule has 30 heavy (non-hydrogen) atoms. The molecule has 0 heterocycles. The molecule has 0 unspecified atom stereocenters. The van der Waals surface area contributed by atoms with Crippen molar-refractivity contribution in [1.29, 1.82) is 0 Å². The molecule has 0 aromatic carbocycles. The third kappa shape index (κ3) is 11.7. The summed E-state index contributed by atoms with van der Waals surface area (Å²) in [5.74, 6) is -1.42. The Morgan fingerprint density at radius 3 is 2.70 bits per heavy atom. The van der Waals surface area contributed by atoms with E-state index in [0.29, 0.717) is 19.4 Å². The van der Waals surface area contributed by atoms with Gasteiger partial charge in [0.1, 0.15) is 0 Å². The summed E-state index contributed by atoms with van der Waals surface area (Å²) in [6.07, 6.45) is 17.7. The second-order valence-electron chi connectivity index (χ2n) is 7.71. The topological polar surface area (TPSA) is 101 Å². The summed E-state index contributed by atoms with van der Waals surface area (Å²) >= 11 is 0. The lowest BCUT2D eigenvalue weighted by Crippen LogP contribution is -2.14. The first-order valence-corrected chi connectivity index (χ1v) is 11.0. The van der Waals surface area contributed by atoms with Crippen LogP contribution in [0.2, 0.25) is 0 Å². The van der Waals surface area contributed by atoms with Crippen molar-refractivity contribution in [2.24, 2.45) is 11.8 Å². The highest BCUT2D eigenvalue weighted by molar-refractivity contribution is 5.95. The van der Waals surface area contributed by atoms with Gasteiger partial charge in [0, 0.05) is 11.8 Å². The maximum atomic E-state index is 12.1. The first-order valence-electron chi connectivity index (χ1n) is 11.0. The van der Waals surface area contributed by atoms with Gasteiger partial charge in [-0.1, -0.05) is 56.6 Å². The maximum Gasteiger partial charge on any atom is 0.306 e. The molecule has 0 fully saturated rings. The van der Waals surface area contributed by atoms with E-state index in [1.165, 1.54) is 0 Å². The first-order chi connectivity index (χ1) is 14.4. The van der Waals surface area contributed by atoms with Gasteiger partial charge in [0.15, 0.2) is 5.78 Å². The largest absolute Gasteiger partial charge is 0.481 e. The van der Waals surface area contributed by atoms with Crippen molar-refractivity contribution < 1.29 is 29.3 Å². The molecule has 0 bridgehead atoms. The number of aliphatic carboxylic acids is 1. The molecule has 0 radical (unpaired) electrons. The number of esters is 1. The van der Waals surface area contributed by atoms with Gasteiger partial charge in [-0.3, -0.25) is 14.4 Å². The molecule has 0 saturated carbocycles. The van der Waals surface area contributed by atoms with Crippen LogP contribution in [0.4, 0.5) is 0 Å². The minimum atomic E-state index is -1.01. The lowest BCUT2D eigenvalue weighted by Gasteiger charge is -2.13. The summed E-state index contributed by atoms with van der Waals surface area (Å²) in [7, 11) is 0. The van der Waals surface area contributed by atoms with E-state index in [-0.39, 0.29) is 30.5 Å². The highest BCUT2D eigenvalue weighted by Crippen LogP contribution is 2.27. The molecule has 0 aromatic rings. The molecule has 1 rings (SSSR count). The van der Waals surface area contributed by atoms with Crippen molar-refractivity contribution in [1.82, 2.24) is 0 Å². The highest BCUT2D eigenvalue weighted by atomic mass is 16.5. The van der Waals surface area contributed by atoms with Crippen LogP contribution in [-0.4, -0.2) is 40.6 Å². The van der Waals surface area contributed by atoms with Gasteiger partial charge in [-0.2, -0.15) is 0 Å². The Balaban J connectivity index is 2.21. The molecule has 0 amide bonds. The molecule has 1 aliphatic rings. The summed E-state index contributed by atoms with van der Waals surface area (Å²) in [5.41, 5.74) is 0. The van der Waals surface area contributed by atoms with E-state index in [1.54, 1.807) is 6.08 Å². The molecule has 0 spiro atoms. The van der Waals surface area contributed by atoms with Gasteiger partial charge in [0.25, 0.3) is 0 Å². The Morgan fingerprint density at radius 1 is 1.17 bits per heavy atom. The van der Waals surface area contributed by atoms with Crippen molar-refractivity contribution in [2.75, 3.05) is 6.61 Å². The van der Waals surface area contributed by atoms with E-state index in [9.17, 15) is 19.5 Å². The molecule has 0 aromatic heterocycles. The number of aliphatic hydroxyl groups is 1. The van der Waals surface area contributed by atoms with Crippen molar-refractivity contribution >= 4 is 17.7 Å². The first kappa shape index (κ1) is 25.8. The van der Waals surface area contributed by atoms with Gasteiger partial charge >= 0.3 is 11.9 Å². The van der Waals surface area contributed by atoms with Gasteiger partial charge < -0.3 is 14.9 Å². The van der Waals surface area contributed by atoms with Gasteiger partial charge in [0.2, 0.25) is 0 Å². The van der Waals surface area contributed by atoms with Crippen LogP contribution in [0.5, 0.6) is 0 Å². The van der Waals surface area contributed by atoms with Crippen molar-refractivity contribution in [3.05, 3.63) is 36.5 Å². The number of aliphatic hydroxyl groups excluding tert-OH is 1. The van der Waals surface area contributed by atoms with Gasteiger partial charge in [0.05, 0.1) is 25.6 Å². The smallest absolute Gasteiger partial charge is 0.306 e. The minimum absolute atomic E-state index is 0.0354. The number of carbonyl (C=O) groups excluding carboxylic acids is 2. The average molecular weight is 421 g/mol. The Hall–Kier alpha value is -2.21. The monoisotopic (exact) mass is 420 g/mol.